The number of nitrogens with two attached hydrogens (primary N) is 1. The minimum absolute atomic E-state index is 0.0896. The second kappa shape index (κ2) is 7.11. The van der Waals surface area contributed by atoms with Crippen LogP contribution >= 0.6 is 0 Å². The van der Waals surface area contributed by atoms with Crippen molar-refractivity contribution < 1.29 is 9.47 Å². The van der Waals surface area contributed by atoms with Crippen molar-refractivity contribution >= 4 is 0 Å². The van der Waals surface area contributed by atoms with Gasteiger partial charge in [0.25, 0.3) is 0 Å². The van der Waals surface area contributed by atoms with Gasteiger partial charge in [-0.3, -0.25) is 5.84 Å². The average molecular weight is 286 g/mol. The Hall–Kier alpha value is -2.04. The molecule has 2 aromatic rings. The van der Waals surface area contributed by atoms with Crippen molar-refractivity contribution in [1.82, 2.24) is 5.43 Å². The van der Waals surface area contributed by atoms with Gasteiger partial charge in [-0.2, -0.15) is 0 Å². The second-order valence-corrected chi connectivity index (χ2v) is 5.11. The minimum atomic E-state index is -0.0896. The number of benzene rings is 2. The van der Waals surface area contributed by atoms with Gasteiger partial charge in [0, 0.05) is 0 Å². The Morgan fingerprint density at radius 1 is 0.952 bits per heavy atom. The van der Waals surface area contributed by atoms with Crippen LogP contribution in [0.15, 0.2) is 48.5 Å². The first kappa shape index (κ1) is 15.4. The molecule has 2 rings (SSSR count). The van der Waals surface area contributed by atoms with E-state index in [9.17, 15) is 0 Å². The molecule has 4 nitrogen and oxygen atoms in total. The van der Waals surface area contributed by atoms with Gasteiger partial charge >= 0.3 is 0 Å². The van der Waals surface area contributed by atoms with Crippen LogP contribution in [0, 0.1) is 0 Å². The highest BCUT2D eigenvalue weighted by atomic mass is 16.5. The van der Waals surface area contributed by atoms with Crippen molar-refractivity contribution in [2.24, 2.45) is 5.84 Å². The van der Waals surface area contributed by atoms with E-state index in [1.165, 1.54) is 0 Å². The van der Waals surface area contributed by atoms with Crippen molar-refractivity contribution in [3.63, 3.8) is 0 Å². The van der Waals surface area contributed by atoms with E-state index in [2.05, 4.69) is 5.43 Å². The third-order valence-corrected chi connectivity index (χ3v) is 3.18. The van der Waals surface area contributed by atoms with Crippen molar-refractivity contribution in [2.75, 3.05) is 7.11 Å². The predicted molar refractivity (Wildman–Crippen MR) is 84.4 cm³/mol. The number of ether oxygens (including phenoxy) is 2. The van der Waals surface area contributed by atoms with Crippen molar-refractivity contribution in [1.29, 1.82) is 0 Å². The van der Waals surface area contributed by atoms with Gasteiger partial charge in [0.1, 0.15) is 11.5 Å². The maximum Gasteiger partial charge on any atom is 0.119 e. The van der Waals surface area contributed by atoms with Crippen LogP contribution in [0.2, 0.25) is 0 Å². The van der Waals surface area contributed by atoms with Crippen LogP contribution in [0.4, 0.5) is 0 Å². The molecule has 0 saturated carbocycles. The van der Waals surface area contributed by atoms with Gasteiger partial charge in [-0.25, -0.2) is 5.43 Å². The Labute approximate surface area is 125 Å². The lowest BCUT2D eigenvalue weighted by atomic mass is 9.99. The maximum atomic E-state index is 5.73. The Morgan fingerprint density at radius 3 is 2.24 bits per heavy atom. The van der Waals surface area contributed by atoms with E-state index < -0.39 is 0 Å². The number of hydrazine groups is 1. The zero-order valence-electron chi connectivity index (χ0n) is 12.7. The predicted octanol–water partition coefficient (Wildman–Crippen LogP) is 3.04. The zero-order chi connectivity index (χ0) is 15.2. The fraction of sp³-hybridized carbons (Fsp3) is 0.294. The molecule has 0 amide bonds. The lowest BCUT2D eigenvalue weighted by Crippen LogP contribution is -2.28. The van der Waals surface area contributed by atoms with Crippen LogP contribution < -0.4 is 20.7 Å². The molecule has 0 spiro atoms. The lowest BCUT2D eigenvalue weighted by Gasteiger charge is -2.18. The van der Waals surface area contributed by atoms with Gasteiger partial charge in [0.05, 0.1) is 19.3 Å². The van der Waals surface area contributed by atoms with Gasteiger partial charge in [-0.15, -0.1) is 0 Å². The first-order chi connectivity index (χ1) is 10.1. The highest BCUT2D eigenvalue weighted by Crippen LogP contribution is 2.26. The Bertz CT molecular complexity index is 567. The molecular formula is C17H22N2O2. The molecule has 112 valence electrons. The molecule has 0 bridgehead atoms. The molecule has 0 fully saturated rings. The lowest BCUT2D eigenvalue weighted by molar-refractivity contribution is 0.242. The van der Waals surface area contributed by atoms with E-state index in [0.717, 1.165) is 22.6 Å². The van der Waals surface area contributed by atoms with Crippen molar-refractivity contribution in [2.45, 2.75) is 26.0 Å². The average Bonchev–Trinajstić information content (AvgIpc) is 2.49. The number of rotatable bonds is 6. The van der Waals surface area contributed by atoms with Gasteiger partial charge < -0.3 is 9.47 Å². The summed E-state index contributed by atoms with van der Waals surface area (Å²) in [5, 5.41) is 0. The molecule has 1 unspecified atom stereocenters. The zero-order valence-corrected chi connectivity index (χ0v) is 12.7. The molecule has 0 aliphatic carbocycles. The van der Waals surface area contributed by atoms with Gasteiger partial charge in [-0.1, -0.05) is 24.3 Å². The molecule has 0 saturated heterocycles. The van der Waals surface area contributed by atoms with Crippen LogP contribution in [0.3, 0.4) is 0 Å². The molecular weight excluding hydrogens is 264 g/mol. The summed E-state index contributed by atoms with van der Waals surface area (Å²) in [6.45, 7) is 4.02. The molecule has 0 aromatic heterocycles. The summed E-state index contributed by atoms with van der Waals surface area (Å²) < 4.78 is 10.9. The molecule has 2 aromatic carbocycles. The highest BCUT2D eigenvalue weighted by Gasteiger charge is 2.13. The fourth-order valence-corrected chi connectivity index (χ4v) is 2.22. The Balaban J connectivity index is 2.24. The van der Waals surface area contributed by atoms with E-state index in [1.54, 1.807) is 7.11 Å². The normalized spacial score (nSPS) is 12.2. The molecule has 0 aliphatic rings. The number of hydrogen-bond donors (Lipinski definition) is 2. The van der Waals surface area contributed by atoms with Crippen LogP contribution in [0.5, 0.6) is 11.5 Å². The Morgan fingerprint density at radius 2 is 1.67 bits per heavy atom. The summed E-state index contributed by atoms with van der Waals surface area (Å²) in [6, 6.07) is 15.7. The van der Waals surface area contributed by atoms with Gasteiger partial charge in [0.15, 0.2) is 0 Å². The minimum Gasteiger partial charge on any atom is -0.497 e. The number of methoxy groups -OCH3 is 1. The van der Waals surface area contributed by atoms with E-state index >= 15 is 0 Å². The third kappa shape index (κ3) is 3.97. The Kier molecular flexibility index (Phi) is 5.20. The second-order valence-electron chi connectivity index (χ2n) is 5.11. The maximum absolute atomic E-state index is 5.73. The molecule has 0 aliphatic heterocycles. The summed E-state index contributed by atoms with van der Waals surface area (Å²) in [5.41, 5.74) is 4.97. The van der Waals surface area contributed by atoms with Crippen LogP contribution in [-0.4, -0.2) is 13.2 Å². The SMILES string of the molecule is COc1cccc(C(NN)c2ccc(OC(C)C)cc2)c1. The smallest absolute Gasteiger partial charge is 0.119 e. The summed E-state index contributed by atoms with van der Waals surface area (Å²) in [7, 11) is 1.65. The first-order valence-corrected chi connectivity index (χ1v) is 7.00. The molecule has 0 heterocycles. The van der Waals surface area contributed by atoms with Crippen LogP contribution in [0.25, 0.3) is 0 Å². The number of nitrogens with one attached hydrogen (secondary N) is 1. The molecule has 4 heteroatoms. The largest absolute Gasteiger partial charge is 0.497 e. The van der Waals surface area contributed by atoms with Gasteiger partial charge in [-0.05, 0) is 49.2 Å². The molecule has 1 atom stereocenters. The van der Waals surface area contributed by atoms with Crippen LogP contribution in [-0.2, 0) is 0 Å². The van der Waals surface area contributed by atoms with E-state index in [4.69, 9.17) is 15.3 Å². The highest BCUT2D eigenvalue weighted by molar-refractivity contribution is 5.38. The quantitative estimate of drug-likeness (QED) is 0.633. The monoisotopic (exact) mass is 286 g/mol. The summed E-state index contributed by atoms with van der Waals surface area (Å²) in [5.74, 6) is 7.39. The summed E-state index contributed by atoms with van der Waals surface area (Å²) in [4.78, 5) is 0. The summed E-state index contributed by atoms with van der Waals surface area (Å²) >= 11 is 0. The van der Waals surface area contributed by atoms with Gasteiger partial charge in [0.2, 0.25) is 0 Å². The number of hydrogen-bond acceptors (Lipinski definition) is 4. The van der Waals surface area contributed by atoms with E-state index in [1.807, 2.05) is 62.4 Å². The standard InChI is InChI=1S/C17H22N2O2/c1-12(2)21-15-9-7-13(8-10-15)17(19-18)14-5-4-6-16(11-14)20-3/h4-12,17,19H,18H2,1-3H3. The molecule has 21 heavy (non-hydrogen) atoms. The molecule has 0 radical (unpaired) electrons. The fourth-order valence-electron chi connectivity index (χ4n) is 2.22. The summed E-state index contributed by atoms with van der Waals surface area (Å²) in [6.07, 6.45) is 0.165. The van der Waals surface area contributed by atoms with Crippen molar-refractivity contribution in [3.05, 3.63) is 59.7 Å². The van der Waals surface area contributed by atoms with E-state index in [-0.39, 0.29) is 12.1 Å². The topological polar surface area (TPSA) is 56.5 Å². The van der Waals surface area contributed by atoms with Crippen LogP contribution in [0.1, 0.15) is 31.0 Å². The first-order valence-electron chi connectivity index (χ1n) is 7.00. The third-order valence-electron chi connectivity index (χ3n) is 3.18. The van der Waals surface area contributed by atoms with E-state index in [0.29, 0.717) is 0 Å². The van der Waals surface area contributed by atoms with Crippen molar-refractivity contribution in [3.8, 4) is 11.5 Å². The molecule has 3 N–H and O–H groups in total.